The normalized spacial score (nSPS) is 22.5. The molecule has 0 saturated carbocycles. The number of nitrogens with zero attached hydrogens (tertiary/aromatic N) is 3. The lowest BCUT2D eigenvalue weighted by molar-refractivity contribution is -0.0171. The van der Waals surface area contributed by atoms with Gasteiger partial charge in [0.25, 0.3) is 5.91 Å². The first-order valence-electron chi connectivity index (χ1n) is 8.41. The SMILES string of the molecule is Cc1cccc(C(=O)N2CCN(C)C3(CCN(C)CC3)C2)c1O. The van der Waals surface area contributed by atoms with Gasteiger partial charge in [-0.2, -0.15) is 0 Å². The highest BCUT2D eigenvalue weighted by molar-refractivity contribution is 5.97. The Morgan fingerprint density at radius 2 is 1.83 bits per heavy atom. The number of phenolic OH excluding ortho intramolecular Hbond substituents is 1. The molecule has 1 amide bonds. The summed E-state index contributed by atoms with van der Waals surface area (Å²) in [7, 11) is 4.33. The highest BCUT2D eigenvalue weighted by atomic mass is 16.3. The maximum absolute atomic E-state index is 12.9. The molecule has 0 bridgehead atoms. The molecule has 0 aliphatic carbocycles. The van der Waals surface area contributed by atoms with Gasteiger partial charge in [-0.25, -0.2) is 0 Å². The van der Waals surface area contributed by atoms with E-state index in [0.717, 1.165) is 51.1 Å². The molecule has 1 N–H and O–H groups in total. The number of likely N-dealkylation sites (tertiary alicyclic amines) is 1. The largest absolute Gasteiger partial charge is 0.507 e. The molecule has 0 unspecified atom stereocenters. The summed E-state index contributed by atoms with van der Waals surface area (Å²) in [6, 6.07) is 5.39. The fraction of sp³-hybridized carbons (Fsp3) is 0.611. The third-order valence-corrected chi connectivity index (χ3v) is 5.67. The summed E-state index contributed by atoms with van der Waals surface area (Å²) in [5.74, 6) is 0.0754. The molecule has 1 aromatic carbocycles. The van der Waals surface area contributed by atoms with Crippen LogP contribution < -0.4 is 0 Å². The van der Waals surface area contributed by atoms with E-state index in [1.54, 1.807) is 6.07 Å². The van der Waals surface area contributed by atoms with Gasteiger partial charge < -0.3 is 14.9 Å². The van der Waals surface area contributed by atoms with Crippen LogP contribution in [0.25, 0.3) is 0 Å². The van der Waals surface area contributed by atoms with Gasteiger partial charge in [-0.3, -0.25) is 9.69 Å². The maximum Gasteiger partial charge on any atom is 0.257 e. The van der Waals surface area contributed by atoms with Crippen LogP contribution in [0.15, 0.2) is 18.2 Å². The number of aryl methyl sites for hydroxylation is 1. The number of rotatable bonds is 1. The number of likely N-dealkylation sites (N-methyl/N-ethyl adjacent to an activating group) is 1. The van der Waals surface area contributed by atoms with Crippen molar-refractivity contribution in [1.82, 2.24) is 14.7 Å². The quantitative estimate of drug-likeness (QED) is 0.854. The average molecular weight is 317 g/mol. The van der Waals surface area contributed by atoms with Crippen molar-refractivity contribution in [2.45, 2.75) is 25.3 Å². The molecule has 1 spiro atoms. The van der Waals surface area contributed by atoms with E-state index in [1.807, 2.05) is 24.0 Å². The molecule has 2 aliphatic heterocycles. The predicted molar refractivity (Wildman–Crippen MR) is 90.8 cm³/mol. The van der Waals surface area contributed by atoms with Crippen LogP contribution in [0.2, 0.25) is 0 Å². The summed E-state index contributed by atoms with van der Waals surface area (Å²) < 4.78 is 0. The Balaban J connectivity index is 1.81. The minimum Gasteiger partial charge on any atom is -0.507 e. The first-order valence-corrected chi connectivity index (χ1v) is 8.41. The van der Waals surface area contributed by atoms with E-state index in [2.05, 4.69) is 23.9 Å². The Labute approximate surface area is 138 Å². The number of carbonyl (C=O) groups is 1. The van der Waals surface area contributed by atoms with Crippen molar-refractivity contribution in [2.75, 3.05) is 46.8 Å². The van der Waals surface area contributed by atoms with Crippen molar-refractivity contribution in [3.05, 3.63) is 29.3 Å². The maximum atomic E-state index is 12.9. The van der Waals surface area contributed by atoms with Gasteiger partial charge in [0.1, 0.15) is 5.75 Å². The van der Waals surface area contributed by atoms with Crippen LogP contribution in [0.1, 0.15) is 28.8 Å². The molecule has 2 heterocycles. The van der Waals surface area contributed by atoms with E-state index in [-0.39, 0.29) is 17.2 Å². The Hall–Kier alpha value is -1.59. The van der Waals surface area contributed by atoms with Gasteiger partial charge in [-0.1, -0.05) is 12.1 Å². The minimum absolute atomic E-state index is 0.0439. The van der Waals surface area contributed by atoms with Gasteiger partial charge in [0, 0.05) is 25.2 Å². The summed E-state index contributed by atoms with van der Waals surface area (Å²) in [4.78, 5) is 19.6. The van der Waals surface area contributed by atoms with Crippen LogP contribution in [-0.2, 0) is 0 Å². The van der Waals surface area contributed by atoms with E-state index >= 15 is 0 Å². The number of para-hydroxylation sites is 1. The summed E-state index contributed by atoms with van der Waals surface area (Å²) in [5, 5.41) is 10.2. The van der Waals surface area contributed by atoms with Crippen molar-refractivity contribution in [2.24, 2.45) is 0 Å². The summed E-state index contributed by atoms with van der Waals surface area (Å²) >= 11 is 0. The first kappa shape index (κ1) is 16.3. The summed E-state index contributed by atoms with van der Waals surface area (Å²) in [5.41, 5.74) is 1.26. The lowest BCUT2D eigenvalue weighted by Gasteiger charge is -2.52. The van der Waals surface area contributed by atoms with E-state index in [1.165, 1.54) is 0 Å². The Morgan fingerprint density at radius 1 is 1.13 bits per heavy atom. The number of benzene rings is 1. The fourth-order valence-electron chi connectivity index (χ4n) is 3.81. The van der Waals surface area contributed by atoms with Crippen LogP contribution in [0.3, 0.4) is 0 Å². The molecule has 5 heteroatoms. The van der Waals surface area contributed by atoms with Crippen LogP contribution in [0, 0.1) is 6.92 Å². The molecule has 0 radical (unpaired) electrons. The van der Waals surface area contributed by atoms with Gasteiger partial charge in [0.2, 0.25) is 0 Å². The Bertz CT molecular complexity index is 594. The smallest absolute Gasteiger partial charge is 0.257 e. The highest BCUT2D eigenvalue weighted by Gasteiger charge is 2.43. The molecule has 23 heavy (non-hydrogen) atoms. The van der Waals surface area contributed by atoms with Crippen molar-refractivity contribution < 1.29 is 9.90 Å². The van der Waals surface area contributed by atoms with Crippen LogP contribution in [0.5, 0.6) is 5.75 Å². The van der Waals surface area contributed by atoms with Crippen LogP contribution >= 0.6 is 0 Å². The molecule has 5 nitrogen and oxygen atoms in total. The second-order valence-corrected chi connectivity index (χ2v) is 7.15. The third-order valence-electron chi connectivity index (χ3n) is 5.67. The fourth-order valence-corrected chi connectivity index (χ4v) is 3.81. The van der Waals surface area contributed by atoms with Gasteiger partial charge in [-0.15, -0.1) is 0 Å². The van der Waals surface area contributed by atoms with Gasteiger partial charge in [0.05, 0.1) is 5.56 Å². The van der Waals surface area contributed by atoms with E-state index in [0.29, 0.717) is 5.56 Å². The molecule has 0 aromatic heterocycles. The monoisotopic (exact) mass is 317 g/mol. The van der Waals surface area contributed by atoms with Gasteiger partial charge >= 0.3 is 0 Å². The zero-order valence-corrected chi connectivity index (χ0v) is 14.4. The number of piperazine rings is 1. The number of phenols is 1. The first-order chi connectivity index (χ1) is 10.9. The molecule has 3 rings (SSSR count). The van der Waals surface area contributed by atoms with Crippen molar-refractivity contribution in [3.8, 4) is 5.75 Å². The number of hydrogen-bond donors (Lipinski definition) is 1. The highest BCUT2D eigenvalue weighted by Crippen LogP contribution is 2.32. The van der Waals surface area contributed by atoms with Gasteiger partial charge in [-0.05, 0) is 58.6 Å². The zero-order chi connectivity index (χ0) is 16.6. The molecule has 126 valence electrons. The number of piperidine rings is 1. The Kier molecular flexibility index (Phi) is 4.34. The lowest BCUT2D eigenvalue weighted by Crippen LogP contribution is -2.64. The standard InChI is InChI=1S/C18H27N3O2/c1-14-5-4-6-15(16(14)22)17(23)21-12-11-20(3)18(13-21)7-9-19(2)10-8-18/h4-6,22H,7-13H2,1-3H3. The summed E-state index contributed by atoms with van der Waals surface area (Å²) in [6.07, 6.45) is 2.17. The molecular weight excluding hydrogens is 290 g/mol. The van der Waals surface area contributed by atoms with Crippen LogP contribution in [0.4, 0.5) is 0 Å². The Morgan fingerprint density at radius 3 is 2.52 bits per heavy atom. The molecule has 1 aromatic rings. The van der Waals surface area contributed by atoms with Crippen molar-refractivity contribution in [3.63, 3.8) is 0 Å². The van der Waals surface area contributed by atoms with Crippen molar-refractivity contribution >= 4 is 5.91 Å². The van der Waals surface area contributed by atoms with E-state index in [4.69, 9.17) is 0 Å². The lowest BCUT2D eigenvalue weighted by atomic mass is 9.83. The van der Waals surface area contributed by atoms with E-state index in [9.17, 15) is 9.90 Å². The third kappa shape index (κ3) is 2.95. The zero-order valence-electron chi connectivity index (χ0n) is 14.4. The molecule has 2 saturated heterocycles. The number of aromatic hydroxyl groups is 1. The predicted octanol–water partition coefficient (Wildman–Crippen LogP) is 1.55. The second-order valence-electron chi connectivity index (χ2n) is 7.15. The van der Waals surface area contributed by atoms with Gasteiger partial charge in [0.15, 0.2) is 0 Å². The topological polar surface area (TPSA) is 47.0 Å². The number of amides is 1. The molecular formula is C18H27N3O2. The summed E-state index contributed by atoms with van der Waals surface area (Å²) in [6.45, 7) is 6.34. The average Bonchev–Trinajstić information content (AvgIpc) is 2.55. The minimum atomic E-state index is -0.0439. The van der Waals surface area contributed by atoms with E-state index < -0.39 is 0 Å². The van der Waals surface area contributed by atoms with Crippen LogP contribution in [-0.4, -0.2) is 78.1 Å². The number of carbonyl (C=O) groups excluding carboxylic acids is 1. The van der Waals surface area contributed by atoms with Crippen molar-refractivity contribution in [1.29, 1.82) is 0 Å². The number of hydrogen-bond acceptors (Lipinski definition) is 4. The molecule has 2 fully saturated rings. The molecule has 0 atom stereocenters. The second kappa shape index (κ2) is 6.13. The molecule has 2 aliphatic rings.